The summed E-state index contributed by atoms with van der Waals surface area (Å²) >= 11 is 0. The van der Waals surface area contributed by atoms with Crippen molar-refractivity contribution >= 4 is 17.8 Å². The Balaban J connectivity index is 1.52. The molecule has 0 unspecified atom stereocenters. The maximum absolute atomic E-state index is 12.3. The number of likely N-dealkylation sites (tertiary alicyclic amines) is 1. The molecule has 3 aliphatic heterocycles. The zero-order valence-corrected chi connectivity index (χ0v) is 12.1. The molecule has 3 heterocycles. The highest BCUT2D eigenvalue weighted by molar-refractivity contribution is 6.07. The quantitative estimate of drug-likeness (QED) is 0.603. The molecule has 21 heavy (non-hydrogen) atoms. The standard InChI is InChI=1S/C14H22N4O3/c19-11(9-10-1-5-15-6-2-10)18-7-3-14(4-8-18)12(20)16-13(21)17-14/h10,15H,1-9H2,(H2,16,17,20,21). The van der Waals surface area contributed by atoms with Crippen LogP contribution in [0.25, 0.3) is 0 Å². The molecule has 3 saturated heterocycles. The van der Waals surface area contributed by atoms with Crippen LogP contribution < -0.4 is 16.0 Å². The van der Waals surface area contributed by atoms with Crippen LogP contribution in [0.3, 0.4) is 0 Å². The average Bonchev–Trinajstić information content (AvgIpc) is 2.74. The molecule has 3 N–H and O–H groups in total. The van der Waals surface area contributed by atoms with Crippen molar-refractivity contribution in [1.29, 1.82) is 0 Å². The number of hydrogen-bond acceptors (Lipinski definition) is 4. The van der Waals surface area contributed by atoms with Gasteiger partial charge in [-0.2, -0.15) is 0 Å². The van der Waals surface area contributed by atoms with E-state index in [1.165, 1.54) is 0 Å². The molecule has 3 rings (SSSR count). The van der Waals surface area contributed by atoms with Crippen LogP contribution in [0.2, 0.25) is 0 Å². The largest absolute Gasteiger partial charge is 0.342 e. The average molecular weight is 294 g/mol. The van der Waals surface area contributed by atoms with Crippen LogP contribution >= 0.6 is 0 Å². The van der Waals surface area contributed by atoms with Gasteiger partial charge in [0.25, 0.3) is 5.91 Å². The zero-order valence-electron chi connectivity index (χ0n) is 12.1. The maximum Gasteiger partial charge on any atom is 0.322 e. The van der Waals surface area contributed by atoms with E-state index >= 15 is 0 Å². The second-order valence-corrected chi connectivity index (χ2v) is 6.27. The van der Waals surface area contributed by atoms with Gasteiger partial charge in [-0.15, -0.1) is 0 Å². The summed E-state index contributed by atoms with van der Waals surface area (Å²) in [6.07, 6.45) is 3.72. The van der Waals surface area contributed by atoms with Gasteiger partial charge in [-0.3, -0.25) is 14.9 Å². The fraction of sp³-hybridized carbons (Fsp3) is 0.786. The third-order valence-corrected chi connectivity index (χ3v) is 4.91. The predicted octanol–water partition coefficient (Wildman–Crippen LogP) is -0.423. The lowest BCUT2D eigenvalue weighted by Crippen LogP contribution is -2.55. The summed E-state index contributed by atoms with van der Waals surface area (Å²) in [6.45, 7) is 3.07. The van der Waals surface area contributed by atoms with Crippen LogP contribution in [0, 0.1) is 5.92 Å². The minimum atomic E-state index is -0.789. The second kappa shape index (κ2) is 5.63. The number of nitrogens with one attached hydrogen (secondary N) is 3. The Morgan fingerprint density at radius 2 is 1.86 bits per heavy atom. The summed E-state index contributed by atoms with van der Waals surface area (Å²) in [7, 11) is 0. The van der Waals surface area contributed by atoms with E-state index in [1.54, 1.807) is 0 Å². The fourth-order valence-electron chi connectivity index (χ4n) is 3.48. The normalized spacial score (nSPS) is 25.8. The molecular weight excluding hydrogens is 272 g/mol. The third-order valence-electron chi connectivity index (χ3n) is 4.91. The van der Waals surface area contributed by atoms with Gasteiger partial charge >= 0.3 is 6.03 Å². The zero-order chi connectivity index (χ0) is 14.9. The molecule has 1 spiro atoms. The van der Waals surface area contributed by atoms with Crippen LogP contribution in [0.4, 0.5) is 4.79 Å². The third kappa shape index (κ3) is 2.88. The summed E-state index contributed by atoms with van der Waals surface area (Å²) in [5.74, 6) is 0.406. The van der Waals surface area contributed by atoms with E-state index in [0.717, 1.165) is 25.9 Å². The summed E-state index contributed by atoms with van der Waals surface area (Å²) < 4.78 is 0. The Morgan fingerprint density at radius 3 is 2.43 bits per heavy atom. The number of carbonyl (C=O) groups excluding carboxylic acids is 3. The number of amides is 4. The molecule has 0 atom stereocenters. The Kier molecular flexibility index (Phi) is 3.84. The first-order valence-electron chi connectivity index (χ1n) is 7.71. The lowest BCUT2D eigenvalue weighted by atomic mass is 9.87. The Hall–Kier alpha value is -1.63. The Bertz CT molecular complexity index is 451. The van der Waals surface area contributed by atoms with Crippen molar-refractivity contribution < 1.29 is 14.4 Å². The SMILES string of the molecule is O=C1NC(=O)C2(CCN(C(=O)CC3CCNCC3)CC2)N1. The monoisotopic (exact) mass is 294 g/mol. The van der Waals surface area contributed by atoms with Gasteiger partial charge in [0.05, 0.1) is 0 Å². The maximum atomic E-state index is 12.3. The first-order valence-corrected chi connectivity index (χ1v) is 7.71. The van der Waals surface area contributed by atoms with Crippen LogP contribution in [0.5, 0.6) is 0 Å². The molecule has 0 aliphatic carbocycles. The molecule has 0 aromatic rings. The lowest BCUT2D eigenvalue weighted by Gasteiger charge is -2.37. The number of rotatable bonds is 2. The van der Waals surface area contributed by atoms with Crippen LogP contribution in [-0.2, 0) is 9.59 Å². The van der Waals surface area contributed by atoms with Crippen molar-refractivity contribution in [2.24, 2.45) is 5.92 Å². The number of nitrogens with zero attached hydrogens (tertiary/aromatic N) is 1. The van der Waals surface area contributed by atoms with Crippen LogP contribution in [0.1, 0.15) is 32.1 Å². The van der Waals surface area contributed by atoms with Gasteiger partial charge in [-0.25, -0.2) is 4.79 Å². The van der Waals surface area contributed by atoms with E-state index in [4.69, 9.17) is 0 Å². The van der Waals surface area contributed by atoms with E-state index in [-0.39, 0.29) is 11.8 Å². The van der Waals surface area contributed by atoms with Crippen LogP contribution in [0.15, 0.2) is 0 Å². The predicted molar refractivity (Wildman–Crippen MR) is 75.4 cm³/mol. The molecule has 0 aromatic heterocycles. The molecular formula is C14H22N4O3. The molecule has 116 valence electrons. The molecule has 0 bridgehead atoms. The Labute approximate surface area is 123 Å². The van der Waals surface area contributed by atoms with Gasteiger partial charge in [0, 0.05) is 19.5 Å². The van der Waals surface area contributed by atoms with Crippen molar-refractivity contribution in [3.63, 3.8) is 0 Å². The highest BCUT2D eigenvalue weighted by Crippen LogP contribution is 2.27. The van der Waals surface area contributed by atoms with Crippen molar-refractivity contribution in [3.8, 4) is 0 Å². The highest BCUT2D eigenvalue weighted by Gasteiger charge is 2.48. The molecule has 7 nitrogen and oxygen atoms in total. The number of urea groups is 1. The minimum absolute atomic E-state index is 0.182. The summed E-state index contributed by atoms with van der Waals surface area (Å²) in [5, 5.41) is 8.30. The summed E-state index contributed by atoms with van der Waals surface area (Å²) in [5.41, 5.74) is -0.789. The summed E-state index contributed by atoms with van der Waals surface area (Å²) in [4.78, 5) is 37.3. The first-order chi connectivity index (χ1) is 10.1. The van der Waals surface area contributed by atoms with E-state index in [9.17, 15) is 14.4 Å². The smallest absolute Gasteiger partial charge is 0.322 e. The second-order valence-electron chi connectivity index (χ2n) is 6.27. The van der Waals surface area contributed by atoms with Gasteiger partial charge in [0.15, 0.2) is 0 Å². The van der Waals surface area contributed by atoms with E-state index < -0.39 is 11.6 Å². The van der Waals surface area contributed by atoms with Crippen molar-refractivity contribution in [3.05, 3.63) is 0 Å². The topological polar surface area (TPSA) is 90.5 Å². The van der Waals surface area contributed by atoms with Crippen molar-refractivity contribution in [2.75, 3.05) is 26.2 Å². The van der Waals surface area contributed by atoms with Gasteiger partial charge in [-0.1, -0.05) is 0 Å². The number of piperidine rings is 2. The van der Waals surface area contributed by atoms with Gasteiger partial charge in [-0.05, 0) is 44.7 Å². The van der Waals surface area contributed by atoms with E-state index in [2.05, 4.69) is 16.0 Å². The molecule has 4 amide bonds. The van der Waals surface area contributed by atoms with Gasteiger partial charge in [0.2, 0.25) is 5.91 Å². The molecule has 0 saturated carbocycles. The highest BCUT2D eigenvalue weighted by atomic mass is 16.2. The number of carbonyl (C=O) groups is 3. The summed E-state index contributed by atoms with van der Waals surface area (Å²) in [6, 6.07) is -0.422. The number of imide groups is 1. The molecule has 7 heteroatoms. The fourth-order valence-corrected chi connectivity index (χ4v) is 3.48. The minimum Gasteiger partial charge on any atom is -0.342 e. The van der Waals surface area contributed by atoms with Crippen LogP contribution in [-0.4, -0.2) is 54.5 Å². The first kappa shape index (κ1) is 14.3. The van der Waals surface area contributed by atoms with Gasteiger partial charge in [0.1, 0.15) is 5.54 Å². The molecule has 0 radical (unpaired) electrons. The Morgan fingerprint density at radius 1 is 1.19 bits per heavy atom. The van der Waals surface area contributed by atoms with Gasteiger partial charge < -0.3 is 15.5 Å². The van der Waals surface area contributed by atoms with Crippen molar-refractivity contribution in [2.45, 2.75) is 37.6 Å². The van der Waals surface area contributed by atoms with E-state index in [1.807, 2.05) is 4.90 Å². The van der Waals surface area contributed by atoms with Crippen molar-refractivity contribution in [1.82, 2.24) is 20.9 Å². The lowest BCUT2D eigenvalue weighted by molar-refractivity contribution is -0.136. The molecule has 0 aromatic carbocycles. The van der Waals surface area contributed by atoms with E-state index in [0.29, 0.717) is 38.3 Å². The molecule has 3 aliphatic rings. The number of hydrogen-bond donors (Lipinski definition) is 3. The molecule has 3 fully saturated rings.